The van der Waals surface area contributed by atoms with Gasteiger partial charge >= 0.3 is 6.03 Å². The minimum Gasteiger partial charge on any atom is -0.343 e. The highest BCUT2D eigenvalue weighted by atomic mass is 16.2. The van der Waals surface area contributed by atoms with Gasteiger partial charge in [-0.2, -0.15) is 0 Å². The topological polar surface area (TPSA) is 47.9 Å². The van der Waals surface area contributed by atoms with Crippen LogP contribution in [-0.2, 0) is 0 Å². The SMILES string of the molecule is C=C1NC(=O)N(C(C)C)C2C1N=CN2C. The van der Waals surface area contributed by atoms with Crippen molar-refractivity contribution in [2.75, 3.05) is 7.05 Å². The summed E-state index contributed by atoms with van der Waals surface area (Å²) in [4.78, 5) is 19.9. The first kappa shape index (κ1) is 10.0. The Balaban J connectivity index is 2.33. The first-order valence-corrected chi connectivity index (χ1v) is 5.05. The molecule has 0 bridgehead atoms. The van der Waals surface area contributed by atoms with Crippen molar-refractivity contribution in [1.29, 1.82) is 0 Å². The van der Waals surface area contributed by atoms with Crippen molar-refractivity contribution in [3.05, 3.63) is 12.3 Å². The number of urea groups is 1. The van der Waals surface area contributed by atoms with E-state index < -0.39 is 0 Å². The van der Waals surface area contributed by atoms with Gasteiger partial charge in [-0.15, -0.1) is 0 Å². The molecule has 1 saturated heterocycles. The molecule has 82 valence electrons. The Morgan fingerprint density at radius 2 is 2.27 bits per heavy atom. The summed E-state index contributed by atoms with van der Waals surface area (Å²) in [6, 6.07) is 0.0125. The fraction of sp³-hybridized carbons (Fsp3) is 0.600. The maximum absolute atomic E-state index is 11.8. The molecular formula is C10H16N4O. The third-order valence-electron chi connectivity index (χ3n) is 2.81. The molecular weight excluding hydrogens is 192 g/mol. The number of aliphatic imine (C=N–C) groups is 1. The lowest BCUT2D eigenvalue weighted by molar-refractivity contribution is 0.0900. The zero-order valence-electron chi connectivity index (χ0n) is 9.27. The summed E-state index contributed by atoms with van der Waals surface area (Å²) in [6.45, 7) is 7.83. The predicted octanol–water partition coefficient (Wildman–Crippen LogP) is 0.602. The highest BCUT2D eigenvalue weighted by Gasteiger charge is 2.43. The van der Waals surface area contributed by atoms with Crippen molar-refractivity contribution >= 4 is 12.4 Å². The summed E-state index contributed by atoms with van der Waals surface area (Å²) in [7, 11) is 1.93. The second-order valence-corrected chi connectivity index (χ2v) is 4.24. The first-order chi connectivity index (χ1) is 7.02. The van der Waals surface area contributed by atoms with Crippen LogP contribution < -0.4 is 5.32 Å². The molecule has 0 aromatic heterocycles. The standard InChI is InChI=1S/C10H16N4O/c1-6(2)14-9-8(11-5-13(9)4)7(3)12-10(14)15/h5-6,8-9H,3H2,1-2,4H3,(H,12,15). The average molecular weight is 208 g/mol. The Morgan fingerprint density at radius 3 is 2.87 bits per heavy atom. The van der Waals surface area contributed by atoms with E-state index in [-0.39, 0.29) is 24.3 Å². The lowest BCUT2D eigenvalue weighted by Crippen LogP contribution is -2.62. The summed E-state index contributed by atoms with van der Waals surface area (Å²) >= 11 is 0. The Morgan fingerprint density at radius 1 is 1.60 bits per heavy atom. The van der Waals surface area contributed by atoms with Crippen LogP contribution in [0.1, 0.15) is 13.8 Å². The van der Waals surface area contributed by atoms with Gasteiger partial charge in [0, 0.05) is 18.8 Å². The van der Waals surface area contributed by atoms with Crippen LogP contribution in [0, 0.1) is 0 Å². The molecule has 2 amide bonds. The van der Waals surface area contributed by atoms with E-state index in [0.29, 0.717) is 5.70 Å². The van der Waals surface area contributed by atoms with Crippen LogP contribution in [-0.4, -0.2) is 47.5 Å². The third-order valence-corrected chi connectivity index (χ3v) is 2.81. The molecule has 2 aliphatic heterocycles. The molecule has 1 N–H and O–H groups in total. The van der Waals surface area contributed by atoms with Gasteiger partial charge in [0.25, 0.3) is 0 Å². The number of hydrogen-bond donors (Lipinski definition) is 1. The van der Waals surface area contributed by atoms with Crippen LogP contribution in [0.2, 0.25) is 0 Å². The molecule has 2 atom stereocenters. The number of carbonyl (C=O) groups excluding carboxylic acids is 1. The lowest BCUT2D eigenvalue weighted by atomic mass is 10.1. The van der Waals surface area contributed by atoms with Gasteiger partial charge in [-0.05, 0) is 13.8 Å². The average Bonchev–Trinajstić information content (AvgIpc) is 2.48. The first-order valence-electron chi connectivity index (χ1n) is 5.05. The van der Waals surface area contributed by atoms with Crippen LogP contribution >= 0.6 is 0 Å². The number of nitrogens with zero attached hydrogens (tertiary/aromatic N) is 3. The van der Waals surface area contributed by atoms with Crippen molar-refractivity contribution in [2.45, 2.75) is 32.1 Å². The summed E-state index contributed by atoms with van der Waals surface area (Å²) in [6.07, 6.45) is 1.74. The van der Waals surface area contributed by atoms with E-state index in [4.69, 9.17) is 0 Å². The molecule has 0 aromatic carbocycles. The van der Waals surface area contributed by atoms with Gasteiger partial charge in [-0.25, -0.2) is 4.79 Å². The van der Waals surface area contributed by atoms with Gasteiger partial charge in [0.15, 0.2) is 0 Å². The molecule has 0 aliphatic carbocycles. The zero-order valence-corrected chi connectivity index (χ0v) is 9.27. The molecule has 15 heavy (non-hydrogen) atoms. The van der Waals surface area contributed by atoms with Gasteiger partial charge in [0.1, 0.15) is 12.2 Å². The molecule has 5 heteroatoms. The summed E-state index contributed by atoms with van der Waals surface area (Å²) < 4.78 is 0. The third kappa shape index (κ3) is 1.38. The van der Waals surface area contributed by atoms with E-state index in [1.165, 1.54) is 0 Å². The molecule has 2 aliphatic rings. The fourth-order valence-electron chi connectivity index (χ4n) is 2.10. The highest BCUT2D eigenvalue weighted by molar-refractivity contribution is 5.80. The van der Waals surface area contributed by atoms with Crippen molar-refractivity contribution in [1.82, 2.24) is 15.1 Å². The molecule has 5 nitrogen and oxygen atoms in total. The van der Waals surface area contributed by atoms with Crippen molar-refractivity contribution in [3.63, 3.8) is 0 Å². The minimum atomic E-state index is -0.0893. The number of hydrogen-bond acceptors (Lipinski definition) is 3. The lowest BCUT2D eigenvalue weighted by Gasteiger charge is -2.43. The van der Waals surface area contributed by atoms with E-state index >= 15 is 0 Å². The number of nitrogens with one attached hydrogen (secondary N) is 1. The van der Waals surface area contributed by atoms with Crippen LogP contribution in [0.15, 0.2) is 17.3 Å². The van der Waals surface area contributed by atoms with Crippen LogP contribution in [0.3, 0.4) is 0 Å². The second kappa shape index (κ2) is 3.25. The minimum absolute atomic E-state index is 0.0220. The van der Waals surface area contributed by atoms with E-state index in [9.17, 15) is 4.79 Å². The Labute approximate surface area is 89.4 Å². The molecule has 0 aromatic rings. The van der Waals surface area contributed by atoms with Gasteiger partial charge in [0.2, 0.25) is 0 Å². The summed E-state index contributed by atoms with van der Waals surface area (Å²) in [5, 5.41) is 2.75. The maximum Gasteiger partial charge on any atom is 0.323 e. The summed E-state index contributed by atoms with van der Waals surface area (Å²) in [5.41, 5.74) is 0.683. The smallest absolute Gasteiger partial charge is 0.323 e. The molecule has 0 radical (unpaired) electrons. The van der Waals surface area contributed by atoms with E-state index in [1.54, 1.807) is 11.2 Å². The quantitative estimate of drug-likeness (QED) is 0.686. The van der Waals surface area contributed by atoms with Crippen molar-refractivity contribution in [2.24, 2.45) is 4.99 Å². The number of amides is 2. The largest absolute Gasteiger partial charge is 0.343 e. The highest BCUT2D eigenvalue weighted by Crippen LogP contribution is 2.26. The zero-order chi connectivity index (χ0) is 11.2. The number of rotatable bonds is 1. The van der Waals surface area contributed by atoms with Crippen LogP contribution in [0.5, 0.6) is 0 Å². The Bertz CT molecular complexity index is 336. The monoisotopic (exact) mass is 208 g/mol. The molecule has 2 unspecified atom stereocenters. The fourth-order valence-corrected chi connectivity index (χ4v) is 2.10. The van der Waals surface area contributed by atoms with Gasteiger partial charge in [-0.3, -0.25) is 9.89 Å². The second-order valence-electron chi connectivity index (χ2n) is 4.24. The Hall–Kier alpha value is -1.52. The summed E-state index contributed by atoms with van der Waals surface area (Å²) in [5.74, 6) is 0. The molecule has 0 spiro atoms. The number of likely N-dealkylation sites (N-methyl/N-ethyl adjacent to an activating group) is 1. The van der Waals surface area contributed by atoms with Crippen molar-refractivity contribution in [3.8, 4) is 0 Å². The molecule has 2 rings (SSSR count). The van der Waals surface area contributed by atoms with E-state index in [0.717, 1.165) is 0 Å². The van der Waals surface area contributed by atoms with Gasteiger partial charge in [0.05, 0.1) is 6.34 Å². The molecule has 1 fully saturated rings. The number of fused-ring (bicyclic) bond motifs is 1. The Kier molecular flexibility index (Phi) is 2.17. The van der Waals surface area contributed by atoms with E-state index in [2.05, 4.69) is 16.9 Å². The number of carbonyl (C=O) groups is 1. The van der Waals surface area contributed by atoms with Gasteiger partial charge in [-0.1, -0.05) is 6.58 Å². The predicted molar refractivity (Wildman–Crippen MR) is 58.5 cm³/mol. The van der Waals surface area contributed by atoms with Gasteiger partial charge < -0.3 is 10.2 Å². The molecule has 0 saturated carbocycles. The van der Waals surface area contributed by atoms with Crippen LogP contribution in [0.4, 0.5) is 4.79 Å². The molecule has 2 heterocycles. The maximum atomic E-state index is 11.8. The normalized spacial score (nSPS) is 29.9. The van der Waals surface area contributed by atoms with Crippen LogP contribution in [0.25, 0.3) is 0 Å². The van der Waals surface area contributed by atoms with Crippen molar-refractivity contribution < 1.29 is 4.79 Å². The van der Waals surface area contributed by atoms with E-state index in [1.807, 2.05) is 25.8 Å².